The van der Waals surface area contributed by atoms with Gasteiger partial charge in [-0.3, -0.25) is 9.59 Å². The summed E-state index contributed by atoms with van der Waals surface area (Å²) < 4.78 is 10.5. The Morgan fingerprint density at radius 1 is 1.17 bits per heavy atom. The van der Waals surface area contributed by atoms with Crippen molar-refractivity contribution in [3.63, 3.8) is 0 Å². The number of benzene rings is 1. The van der Waals surface area contributed by atoms with Crippen LogP contribution in [-0.4, -0.2) is 24.6 Å². The summed E-state index contributed by atoms with van der Waals surface area (Å²) in [6, 6.07) is 4.89. The summed E-state index contributed by atoms with van der Waals surface area (Å²) in [7, 11) is 0. The molecular weight excluding hydrogens is 296 g/mol. The van der Waals surface area contributed by atoms with Crippen LogP contribution >= 0.6 is 0 Å². The van der Waals surface area contributed by atoms with Crippen LogP contribution in [-0.2, 0) is 4.79 Å². The van der Waals surface area contributed by atoms with Crippen LogP contribution in [0.2, 0.25) is 0 Å². The smallest absolute Gasteiger partial charge is 0.251 e. The Kier molecular flexibility index (Phi) is 4.69. The van der Waals surface area contributed by atoms with E-state index in [4.69, 9.17) is 15.2 Å². The normalized spacial score (nSPS) is 18.4. The molecule has 0 radical (unpaired) electrons. The third kappa shape index (κ3) is 3.75. The topological polar surface area (TPSA) is 90.7 Å². The molecule has 6 nitrogen and oxygen atoms in total. The first-order valence-corrected chi connectivity index (χ1v) is 8.12. The van der Waals surface area contributed by atoms with Crippen LogP contribution < -0.4 is 20.5 Å². The van der Waals surface area contributed by atoms with Crippen LogP contribution in [0.5, 0.6) is 11.5 Å². The van der Waals surface area contributed by atoms with Crippen molar-refractivity contribution in [2.45, 2.75) is 44.6 Å². The molecule has 0 spiro atoms. The van der Waals surface area contributed by atoms with Gasteiger partial charge in [0.15, 0.2) is 11.5 Å². The highest BCUT2D eigenvalue weighted by Gasteiger charge is 2.27. The van der Waals surface area contributed by atoms with Gasteiger partial charge >= 0.3 is 0 Å². The van der Waals surface area contributed by atoms with Crippen molar-refractivity contribution in [3.05, 3.63) is 23.8 Å². The quantitative estimate of drug-likeness (QED) is 0.868. The van der Waals surface area contributed by atoms with Crippen molar-refractivity contribution in [1.29, 1.82) is 0 Å². The molecule has 3 rings (SSSR count). The summed E-state index contributed by atoms with van der Waals surface area (Å²) in [6.07, 6.45) is 5.73. The third-order valence-corrected chi connectivity index (χ3v) is 4.59. The lowest BCUT2D eigenvalue weighted by atomic mass is 9.82. The molecule has 1 atom stereocenters. The van der Waals surface area contributed by atoms with Crippen molar-refractivity contribution >= 4 is 11.8 Å². The van der Waals surface area contributed by atoms with E-state index in [2.05, 4.69) is 5.32 Å². The Morgan fingerprint density at radius 3 is 2.65 bits per heavy atom. The average molecular weight is 318 g/mol. The third-order valence-electron chi connectivity index (χ3n) is 4.59. The number of carbonyl (C=O) groups is 2. The second-order valence-corrected chi connectivity index (χ2v) is 6.22. The Hall–Kier alpha value is -2.24. The van der Waals surface area contributed by atoms with Crippen molar-refractivity contribution in [2.24, 2.45) is 11.7 Å². The van der Waals surface area contributed by atoms with Crippen molar-refractivity contribution in [2.75, 3.05) is 6.79 Å². The predicted molar refractivity (Wildman–Crippen MR) is 84.2 cm³/mol. The number of carbonyl (C=O) groups excluding carboxylic acids is 2. The van der Waals surface area contributed by atoms with Crippen LogP contribution in [0.15, 0.2) is 18.2 Å². The Morgan fingerprint density at radius 2 is 1.91 bits per heavy atom. The van der Waals surface area contributed by atoms with E-state index in [1.807, 2.05) is 0 Å². The first-order valence-electron chi connectivity index (χ1n) is 8.12. The minimum Gasteiger partial charge on any atom is -0.454 e. The lowest BCUT2D eigenvalue weighted by Crippen LogP contribution is -2.43. The lowest BCUT2D eigenvalue weighted by molar-refractivity contribution is -0.118. The van der Waals surface area contributed by atoms with Crippen LogP contribution in [0, 0.1) is 5.92 Å². The van der Waals surface area contributed by atoms with Gasteiger partial charge in [-0.15, -0.1) is 0 Å². The first-order chi connectivity index (χ1) is 11.1. The van der Waals surface area contributed by atoms with E-state index in [0.717, 1.165) is 25.7 Å². The fraction of sp³-hybridized carbons (Fsp3) is 0.529. The summed E-state index contributed by atoms with van der Waals surface area (Å²) in [5, 5.41) is 2.99. The predicted octanol–water partition coefficient (Wildman–Crippen LogP) is 1.97. The minimum atomic E-state index is -0.383. The molecular formula is C17H22N2O4. The molecule has 1 aliphatic carbocycles. The monoisotopic (exact) mass is 318 g/mol. The Labute approximate surface area is 135 Å². The summed E-state index contributed by atoms with van der Waals surface area (Å²) in [5.74, 6) is 0.935. The molecule has 1 unspecified atom stereocenters. The number of rotatable bonds is 5. The summed E-state index contributed by atoms with van der Waals surface area (Å²) >= 11 is 0. The SMILES string of the molecule is NC(=O)CC(NC(=O)c1ccc2c(c1)OCO2)C1CCCCC1. The van der Waals surface area contributed by atoms with Crippen LogP contribution in [0.1, 0.15) is 48.9 Å². The molecule has 1 heterocycles. The molecule has 3 N–H and O–H groups in total. The van der Waals surface area contributed by atoms with Crippen LogP contribution in [0.25, 0.3) is 0 Å². The van der Waals surface area contributed by atoms with Gasteiger partial charge in [0.25, 0.3) is 5.91 Å². The maximum atomic E-state index is 12.5. The molecule has 6 heteroatoms. The van der Waals surface area contributed by atoms with Gasteiger partial charge in [-0.1, -0.05) is 19.3 Å². The van der Waals surface area contributed by atoms with Crippen LogP contribution in [0.3, 0.4) is 0 Å². The second-order valence-electron chi connectivity index (χ2n) is 6.22. The minimum absolute atomic E-state index is 0.173. The van der Waals surface area contributed by atoms with Gasteiger partial charge < -0.3 is 20.5 Å². The first kappa shape index (κ1) is 15.6. The van der Waals surface area contributed by atoms with E-state index in [-0.39, 0.29) is 31.1 Å². The summed E-state index contributed by atoms with van der Waals surface area (Å²) in [4.78, 5) is 23.9. The molecule has 0 aromatic heterocycles. The van der Waals surface area contributed by atoms with Crippen molar-refractivity contribution in [3.8, 4) is 11.5 Å². The number of primary amides is 1. The van der Waals surface area contributed by atoms with Crippen molar-refractivity contribution in [1.82, 2.24) is 5.32 Å². The Bertz CT molecular complexity index is 596. The summed E-state index contributed by atoms with van der Waals surface area (Å²) in [5.41, 5.74) is 5.86. The van der Waals surface area contributed by atoms with E-state index in [1.54, 1.807) is 18.2 Å². The van der Waals surface area contributed by atoms with E-state index in [1.165, 1.54) is 6.42 Å². The highest BCUT2D eigenvalue weighted by atomic mass is 16.7. The number of nitrogens with one attached hydrogen (secondary N) is 1. The van der Waals surface area contributed by atoms with Gasteiger partial charge in [-0.25, -0.2) is 0 Å². The van der Waals surface area contributed by atoms with Gasteiger partial charge in [0, 0.05) is 18.0 Å². The molecule has 2 amide bonds. The molecule has 1 fully saturated rings. The molecule has 1 saturated carbocycles. The standard InChI is InChI=1S/C17H22N2O4/c18-16(20)9-13(11-4-2-1-3-5-11)19-17(21)12-6-7-14-15(8-12)23-10-22-14/h6-8,11,13H,1-5,9-10H2,(H2,18,20)(H,19,21). The number of amides is 2. The van der Waals surface area contributed by atoms with Gasteiger partial charge in [-0.2, -0.15) is 0 Å². The number of ether oxygens (including phenoxy) is 2. The largest absolute Gasteiger partial charge is 0.454 e. The molecule has 0 saturated heterocycles. The average Bonchev–Trinajstić information content (AvgIpc) is 3.02. The number of fused-ring (bicyclic) bond motifs is 1. The molecule has 1 aromatic rings. The number of hydrogen-bond donors (Lipinski definition) is 2. The van der Waals surface area contributed by atoms with Crippen LogP contribution in [0.4, 0.5) is 0 Å². The van der Waals surface area contributed by atoms with Crippen molar-refractivity contribution < 1.29 is 19.1 Å². The summed E-state index contributed by atoms with van der Waals surface area (Å²) in [6.45, 7) is 0.173. The van der Waals surface area contributed by atoms with E-state index in [9.17, 15) is 9.59 Å². The highest BCUT2D eigenvalue weighted by molar-refractivity contribution is 5.95. The van der Waals surface area contributed by atoms with Gasteiger partial charge in [-0.05, 0) is 37.0 Å². The van der Waals surface area contributed by atoms with E-state index >= 15 is 0 Å². The zero-order valence-corrected chi connectivity index (χ0v) is 13.0. The molecule has 23 heavy (non-hydrogen) atoms. The zero-order valence-electron chi connectivity index (χ0n) is 13.0. The fourth-order valence-corrected chi connectivity index (χ4v) is 3.38. The Balaban J connectivity index is 1.70. The molecule has 124 valence electrons. The zero-order chi connectivity index (χ0) is 16.2. The van der Waals surface area contributed by atoms with Gasteiger partial charge in [0.2, 0.25) is 12.7 Å². The molecule has 2 aliphatic rings. The van der Waals surface area contributed by atoms with E-state index < -0.39 is 0 Å². The lowest BCUT2D eigenvalue weighted by Gasteiger charge is -2.30. The fourth-order valence-electron chi connectivity index (χ4n) is 3.38. The molecule has 1 aliphatic heterocycles. The second kappa shape index (κ2) is 6.89. The molecule has 1 aromatic carbocycles. The van der Waals surface area contributed by atoms with Gasteiger partial charge in [0.05, 0.1) is 0 Å². The maximum absolute atomic E-state index is 12.5. The van der Waals surface area contributed by atoms with E-state index in [0.29, 0.717) is 23.0 Å². The molecule has 0 bridgehead atoms. The number of hydrogen-bond acceptors (Lipinski definition) is 4. The highest BCUT2D eigenvalue weighted by Crippen LogP contribution is 2.33. The van der Waals surface area contributed by atoms with Gasteiger partial charge in [0.1, 0.15) is 0 Å². The number of nitrogens with two attached hydrogens (primary N) is 1. The maximum Gasteiger partial charge on any atom is 0.251 e.